The van der Waals surface area contributed by atoms with Crippen LogP contribution in [0.4, 0.5) is 5.69 Å². The number of rotatable bonds is 3. The fraction of sp³-hybridized carbons (Fsp3) is 0.250. The van der Waals surface area contributed by atoms with Crippen molar-refractivity contribution in [2.45, 2.75) is 10.1 Å². The van der Waals surface area contributed by atoms with E-state index in [0.29, 0.717) is 17.0 Å². The Balaban J connectivity index is 2.10. The maximum absolute atomic E-state index is 12.6. The molecule has 1 unspecified atom stereocenters. The minimum absolute atomic E-state index is 0.0177. The number of para-hydroxylation sites is 1. The maximum atomic E-state index is 12.6. The molecule has 0 saturated heterocycles. The number of thiazole rings is 1. The molecule has 1 aliphatic rings. The average molecular weight is 312 g/mol. The van der Waals surface area contributed by atoms with Crippen LogP contribution in [0, 0.1) is 0 Å². The molecular weight excluding hydrogens is 300 g/mol. The smallest absolute Gasteiger partial charge is 0.305 e. The molecule has 0 aliphatic carbocycles. The first-order valence-corrected chi connectivity index (χ1v) is 8.20. The zero-order chi connectivity index (χ0) is 14.3. The number of hydrogen-bond donors (Lipinski definition) is 2. The van der Waals surface area contributed by atoms with E-state index < -0.39 is 14.9 Å². The second kappa shape index (κ2) is 4.72. The first-order chi connectivity index (χ1) is 9.54. The normalized spacial score (nSPS) is 18.2. The Morgan fingerprint density at radius 1 is 1.40 bits per heavy atom. The molecule has 20 heavy (non-hydrogen) atoms. The van der Waals surface area contributed by atoms with E-state index in [1.54, 1.807) is 12.1 Å². The monoisotopic (exact) mass is 312 g/mol. The zero-order valence-corrected chi connectivity index (χ0v) is 11.9. The summed E-state index contributed by atoms with van der Waals surface area (Å²) in [5.74, 6) is -0.239. The first-order valence-electron chi connectivity index (χ1n) is 5.95. The highest BCUT2D eigenvalue weighted by molar-refractivity contribution is 7.94. The zero-order valence-electron chi connectivity index (χ0n) is 10.3. The highest BCUT2D eigenvalue weighted by atomic mass is 32.2. The van der Waals surface area contributed by atoms with Crippen molar-refractivity contribution in [2.75, 3.05) is 17.5 Å². The quantitative estimate of drug-likeness (QED) is 0.874. The second-order valence-corrected chi connectivity index (χ2v) is 7.58. The third-order valence-electron chi connectivity index (χ3n) is 3.30. The number of aromatic amines is 1. The van der Waals surface area contributed by atoms with Crippen molar-refractivity contribution >= 4 is 27.0 Å². The van der Waals surface area contributed by atoms with Gasteiger partial charge in [0, 0.05) is 18.7 Å². The summed E-state index contributed by atoms with van der Waals surface area (Å²) in [7, 11) is -3.76. The molecule has 0 fully saturated rings. The van der Waals surface area contributed by atoms with Gasteiger partial charge in [0.05, 0.1) is 12.3 Å². The summed E-state index contributed by atoms with van der Waals surface area (Å²) in [5.41, 5.74) is 1.37. The van der Waals surface area contributed by atoms with Crippen LogP contribution in [-0.4, -0.2) is 31.7 Å². The molecule has 0 spiro atoms. The highest BCUT2D eigenvalue weighted by Crippen LogP contribution is 2.39. The molecule has 6 nitrogen and oxygen atoms in total. The van der Waals surface area contributed by atoms with Gasteiger partial charge < -0.3 is 10.1 Å². The van der Waals surface area contributed by atoms with Gasteiger partial charge >= 0.3 is 4.87 Å². The van der Waals surface area contributed by atoms with Crippen molar-refractivity contribution in [3.8, 4) is 0 Å². The molecule has 1 aliphatic heterocycles. The van der Waals surface area contributed by atoms with Gasteiger partial charge in [-0.25, -0.2) is 8.42 Å². The summed E-state index contributed by atoms with van der Waals surface area (Å²) in [6.07, 6.45) is 1.21. The number of H-pyrrole nitrogens is 1. The molecular formula is C12H12N2O4S2. The number of aliphatic hydroxyl groups is 1. The van der Waals surface area contributed by atoms with E-state index in [9.17, 15) is 18.3 Å². The molecule has 2 N–H and O–H groups in total. The minimum atomic E-state index is -3.76. The molecule has 3 rings (SSSR count). The predicted octanol–water partition coefficient (Wildman–Crippen LogP) is 0.721. The van der Waals surface area contributed by atoms with Crippen LogP contribution in [0.3, 0.4) is 0 Å². The number of aliphatic hydroxyl groups excluding tert-OH is 1. The fourth-order valence-electron chi connectivity index (χ4n) is 2.34. The van der Waals surface area contributed by atoms with E-state index >= 15 is 0 Å². The Morgan fingerprint density at radius 3 is 2.80 bits per heavy atom. The van der Waals surface area contributed by atoms with Gasteiger partial charge in [0.2, 0.25) is 0 Å². The van der Waals surface area contributed by atoms with Gasteiger partial charge in [-0.15, -0.1) is 0 Å². The minimum Gasteiger partial charge on any atom is -0.396 e. The molecule has 0 radical (unpaired) electrons. The van der Waals surface area contributed by atoms with Gasteiger partial charge in [0.1, 0.15) is 0 Å². The average Bonchev–Trinajstić information content (AvgIpc) is 3.03. The molecule has 0 amide bonds. The number of sulfonamides is 1. The largest absolute Gasteiger partial charge is 0.396 e. The lowest BCUT2D eigenvalue weighted by atomic mass is 10.0. The Bertz CT molecular complexity index is 794. The van der Waals surface area contributed by atoms with Crippen LogP contribution in [0.5, 0.6) is 0 Å². The maximum Gasteiger partial charge on any atom is 0.305 e. The number of anilines is 1. The number of nitrogens with one attached hydrogen (secondary N) is 1. The third kappa shape index (κ3) is 1.96. The van der Waals surface area contributed by atoms with Crippen molar-refractivity contribution < 1.29 is 13.5 Å². The lowest BCUT2D eigenvalue weighted by molar-refractivity contribution is 0.272. The van der Waals surface area contributed by atoms with Crippen LogP contribution in [0.15, 0.2) is 39.5 Å². The molecule has 0 bridgehead atoms. The van der Waals surface area contributed by atoms with Crippen molar-refractivity contribution in [2.24, 2.45) is 0 Å². The number of aromatic nitrogens is 1. The molecule has 2 aromatic rings. The topological polar surface area (TPSA) is 90.5 Å². The molecule has 0 saturated carbocycles. The van der Waals surface area contributed by atoms with Crippen molar-refractivity contribution in [3.05, 3.63) is 45.7 Å². The Morgan fingerprint density at radius 2 is 2.15 bits per heavy atom. The summed E-state index contributed by atoms with van der Waals surface area (Å²) in [6, 6.07) is 7.08. The predicted molar refractivity (Wildman–Crippen MR) is 75.7 cm³/mol. The van der Waals surface area contributed by atoms with E-state index in [1.807, 2.05) is 12.1 Å². The second-order valence-electron chi connectivity index (χ2n) is 4.47. The summed E-state index contributed by atoms with van der Waals surface area (Å²) >= 11 is 0.662. The van der Waals surface area contributed by atoms with Crippen LogP contribution < -0.4 is 9.18 Å². The van der Waals surface area contributed by atoms with Gasteiger partial charge in [-0.1, -0.05) is 29.5 Å². The van der Waals surface area contributed by atoms with Crippen LogP contribution in [0.25, 0.3) is 0 Å². The standard InChI is InChI=1S/C12H12N2O4S2/c15-7-8-6-14(10-4-2-1-3-9(8)10)20(17,18)11-5-13-12(16)19-11/h1-5,8,15H,6-7H2,(H,13,16). The van der Waals surface area contributed by atoms with Crippen molar-refractivity contribution in [3.63, 3.8) is 0 Å². The fourth-order valence-corrected chi connectivity index (χ4v) is 4.91. The molecule has 1 atom stereocenters. The lowest BCUT2D eigenvalue weighted by Gasteiger charge is -2.18. The van der Waals surface area contributed by atoms with E-state index in [0.717, 1.165) is 5.56 Å². The van der Waals surface area contributed by atoms with Crippen LogP contribution in [0.2, 0.25) is 0 Å². The van der Waals surface area contributed by atoms with E-state index in [-0.39, 0.29) is 23.3 Å². The molecule has 2 heterocycles. The number of nitrogens with zero attached hydrogens (tertiary/aromatic N) is 1. The van der Waals surface area contributed by atoms with E-state index in [2.05, 4.69) is 4.98 Å². The van der Waals surface area contributed by atoms with Crippen LogP contribution in [-0.2, 0) is 10.0 Å². The van der Waals surface area contributed by atoms with Gasteiger partial charge in [-0.05, 0) is 11.6 Å². The van der Waals surface area contributed by atoms with Crippen molar-refractivity contribution in [1.82, 2.24) is 4.98 Å². The Labute approximate surface area is 119 Å². The number of hydrogen-bond acceptors (Lipinski definition) is 5. The lowest BCUT2D eigenvalue weighted by Crippen LogP contribution is -2.30. The van der Waals surface area contributed by atoms with Crippen LogP contribution >= 0.6 is 11.3 Å². The first kappa shape index (κ1) is 13.3. The van der Waals surface area contributed by atoms with Crippen LogP contribution in [0.1, 0.15) is 11.5 Å². The van der Waals surface area contributed by atoms with Gasteiger partial charge in [-0.3, -0.25) is 9.10 Å². The van der Waals surface area contributed by atoms with Gasteiger partial charge in [-0.2, -0.15) is 0 Å². The molecule has 1 aromatic carbocycles. The third-order valence-corrected chi connectivity index (χ3v) is 6.35. The number of fused-ring (bicyclic) bond motifs is 1. The Kier molecular flexibility index (Phi) is 3.15. The molecule has 8 heteroatoms. The van der Waals surface area contributed by atoms with Gasteiger partial charge in [0.25, 0.3) is 10.0 Å². The summed E-state index contributed by atoms with van der Waals surface area (Å²) in [6.45, 7) is 0.0661. The molecule has 1 aromatic heterocycles. The summed E-state index contributed by atoms with van der Waals surface area (Å²) < 4.78 is 26.4. The number of benzene rings is 1. The van der Waals surface area contributed by atoms with E-state index in [4.69, 9.17) is 0 Å². The van der Waals surface area contributed by atoms with E-state index in [1.165, 1.54) is 10.5 Å². The van der Waals surface area contributed by atoms with Gasteiger partial charge in [0.15, 0.2) is 4.21 Å². The summed E-state index contributed by atoms with van der Waals surface area (Å²) in [5, 5.41) is 9.40. The summed E-state index contributed by atoms with van der Waals surface area (Å²) in [4.78, 5) is 13.1. The Hall–Kier alpha value is -1.64. The highest BCUT2D eigenvalue weighted by Gasteiger charge is 2.36. The van der Waals surface area contributed by atoms with Crippen molar-refractivity contribution in [1.29, 1.82) is 0 Å². The SMILES string of the molecule is O=c1[nH]cc(S(=O)(=O)N2CC(CO)c3ccccc32)s1. The molecule has 106 valence electrons.